The van der Waals surface area contributed by atoms with Gasteiger partial charge in [-0.2, -0.15) is 5.26 Å². The molecule has 0 unspecified atom stereocenters. The third-order valence-electron chi connectivity index (χ3n) is 6.35. The van der Waals surface area contributed by atoms with Crippen LogP contribution in [0.15, 0.2) is 24.3 Å². The molecular formula is C25H27ClN6O2. The van der Waals surface area contributed by atoms with Crippen LogP contribution in [0.1, 0.15) is 67.0 Å². The summed E-state index contributed by atoms with van der Waals surface area (Å²) in [7, 11) is 0. The molecule has 1 atom stereocenters. The first-order valence-corrected chi connectivity index (χ1v) is 11.6. The third kappa shape index (κ3) is 4.75. The summed E-state index contributed by atoms with van der Waals surface area (Å²) in [5.74, 6) is -0.567. The van der Waals surface area contributed by atoms with Crippen molar-refractivity contribution in [2.24, 2.45) is 5.41 Å². The summed E-state index contributed by atoms with van der Waals surface area (Å²) >= 11 is 5.90. The zero-order valence-electron chi connectivity index (χ0n) is 19.7. The first kappa shape index (κ1) is 23.7. The van der Waals surface area contributed by atoms with Gasteiger partial charge in [0.05, 0.1) is 22.8 Å². The number of hydrogen-bond acceptors (Lipinski definition) is 7. The lowest BCUT2D eigenvalue weighted by molar-refractivity contribution is 0.0691. The minimum Gasteiger partial charge on any atom is -0.476 e. The van der Waals surface area contributed by atoms with E-state index in [0.717, 1.165) is 37.1 Å². The number of nitrogens with zero attached hydrogens (tertiary/aromatic N) is 5. The lowest BCUT2D eigenvalue weighted by atomic mass is 9.82. The number of benzene rings is 1. The van der Waals surface area contributed by atoms with Crippen molar-refractivity contribution >= 4 is 40.1 Å². The number of anilines is 2. The maximum absolute atomic E-state index is 11.7. The van der Waals surface area contributed by atoms with E-state index in [4.69, 9.17) is 16.6 Å². The number of aromatic nitrogens is 3. The largest absolute Gasteiger partial charge is 0.476 e. The summed E-state index contributed by atoms with van der Waals surface area (Å²) in [6, 6.07) is 8.99. The van der Waals surface area contributed by atoms with E-state index >= 15 is 0 Å². The Labute approximate surface area is 203 Å². The zero-order valence-corrected chi connectivity index (χ0v) is 20.4. The van der Waals surface area contributed by atoms with E-state index < -0.39 is 5.97 Å². The molecule has 1 aliphatic heterocycles. The lowest BCUT2D eigenvalue weighted by Crippen LogP contribution is -2.38. The van der Waals surface area contributed by atoms with E-state index in [1.165, 1.54) is 0 Å². The first-order valence-electron chi connectivity index (χ1n) is 11.2. The van der Waals surface area contributed by atoms with Gasteiger partial charge in [-0.1, -0.05) is 31.5 Å². The molecule has 9 heteroatoms. The normalized spacial score (nSPS) is 16.2. The molecule has 0 spiro atoms. The molecule has 0 amide bonds. The van der Waals surface area contributed by atoms with Crippen LogP contribution in [0.3, 0.4) is 0 Å². The zero-order chi connectivity index (χ0) is 24.6. The maximum atomic E-state index is 11.7. The van der Waals surface area contributed by atoms with Gasteiger partial charge in [-0.05, 0) is 55.9 Å². The Morgan fingerprint density at radius 3 is 2.59 bits per heavy atom. The number of aromatic carboxylic acids is 1. The van der Waals surface area contributed by atoms with Crippen molar-refractivity contribution in [1.82, 2.24) is 15.0 Å². The number of halogens is 1. The third-order valence-corrected chi connectivity index (χ3v) is 6.56. The summed E-state index contributed by atoms with van der Waals surface area (Å²) in [6.45, 7) is 10.0. The van der Waals surface area contributed by atoms with Crippen molar-refractivity contribution in [3.05, 3.63) is 51.9 Å². The summed E-state index contributed by atoms with van der Waals surface area (Å²) in [6.07, 6.45) is 2.02. The van der Waals surface area contributed by atoms with Crippen LogP contribution in [0.4, 0.5) is 11.5 Å². The van der Waals surface area contributed by atoms with Crippen molar-refractivity contribution in [2.75, 3.05) is 23.3 Å². The summed E-state index contributed by atoms with van der Waals surface area (Å²) in [5.41, 5.74) is 3.94. The van der Waals surface area contributed by atoms with Gasteiger partial charge >= 0.3 is 5.97 Å². The van der Waals surface area contributed by atoms with Gasteiger partial charge < -0.3 is 15.3 Å². The SMILES string of the molecule is Cc1cc([C@@H](C)Nc2ccc(Cl)nc2C(=O)O)c2nc(N3CCC(C)(C)CC3)c(C#N)nc2c1. The van der Waals surface area contributed by atoms with Crippen molar-refractivity contribution in [2.45, 2.75) is 46.6 Å². The molecule has 1 fully saturated rings. The van der Waals surface area contributed by atoms with Gasteiger partial charge in [-0.3, -0.25) is 0 Å². The van der Waals surface area contributed by atoms with Gasteiger partial charge in [0.1, 0.15) is 11.2 Å². The van der Waals surface area contributed by atoms with Crippen molar-refractivity contribution < 1.29 is 9.90 Å². The summed E-state index contributed by atoms with van der Waals surface area (Å²) in [4.78, 5) is 27.4. The van der Waals surface area contributed by atoms with Gasteiger partial charge in [0.25, 0.3) is 0 Å². The topological polar surface area (TPSA) is 115 Å². The molecule has 176 valence electrons. The Hall–Kier alpha value is -3.44. The molecule has 0 aliphatic carbocycles. The number of carbonyl (C=O) groups is 1. The van der Waals surface area contributed by atoms with E-state index in [9.17, 15) is 15.2 Å². The van der Waals surface area contributed by atoms with Crippen LogP contribution >= 0.6 is 11.6 Å². The summed E-state index contributed by atoms with van der Waals surface area (Å²) in [5, 5.41) is 22.7. The predicted octanol–water partition coefficient (Wildman–Crippen LogP) is 5.36. The van der Waals surface area contributed by atoms with Crippen LogP contribution in [0.5, 0.6) is 0 Å². The highest BCUT2D eigenvalue weighted by Crippen LogP contribution is 2.34. The molecular weight excluding hydrogens is 452 g/mol. The molecule has 3 heterocycles. The molecule has 1 aromatic carbocycles. The van der Waals surface area contributed by atoms with Gasteiger partial charge in [-0.15, -0.1) is 0 Å². The molecule has 1 saturated heterocycles. The monoisotopic (exact) mass is 478 g/mol. The number of carboxylic acid groups (broad SMARTS) is 1. The molecule has 8 nitrogen and oxygen atoms in total. The highest BCUT2D eigenvalue weighted by molar-refractivity contribution is 6.29. The van der Waals surface area contributed by atoms with Crippen molar-refractivity contribution in [3.63, 3.8) is 0 Å². The number of nitriles is 1. The Kier molecular flexibility index (Phi) is 6.32. The quantitative estimate of drug-likeness (QED) is 0.471. The second-order valence-corrected chi connectivity index (χ2v) is 9.97. The van der Waals surface area contributed by atoms with Crippen molar-refractivity contribution in [1.29, 1.82) is 5.26 Å². The molecule has 0 radical (unpaired) electrons. The molecule has 3 aromatic rings. The van der Waals surface area contributed by atoms with Crippen LogP contribution in [0, 0.1) is 23.7 Å². The average molecular weight is 479 g/mol. The van der Waals surface area contributed by atoms with E-state index in [-0.39, 0.29) is 22.3 Å². The number of piperidine rings is 1. The highest BCUT2D eigenvalue weighted by Gasteiger charge is 2.28. The van der Waals surface area contributed by atoms with Gasteiger partial charge in [-0.25, -0.2) is 19.7 Å². The summed E-state index contributed by atoms with van der Waals surface area (Å²) < 4.78 is 0. The number of nitrogens with one attached hydrogen (secondary N) is 1. The standard InChI is InChI=1S/C25H27ClN6O2/c1-14-11-16(15(2)28-17-5-6-20(26)30-22(17)24(33)34)21-18(12-14)29-19(13-27)23(31-21)32-9-7-25(3,4)8-10-32/h5-6,11-12,15,28H,7-10H2,1-4H3,(H,33,34)/t15-/m1/s1. The van der Waals surface area contributed by atoms with Crippen LogP contribution in [0.2, 0.25) is 5.15 Å². The van der Waals surface area contributed by atoms with Crippen molar-refractivity contribution in [3.8, 4) is 6.07 Å². The molecule has 34 heavy (non-hydrogen) atoms. The lowest BCUT2D eigenvalue weighted by Gasteiger charge is -2.37. The number of pyridine rings is 1. The second-order valence-electron chi connectivity index (χ2n) is 9.58. The fourth-order valence-corrected chi connectivity index (χ4v) is 4.45. The predicted molar refractivity (Wildman–Crippen MR) is 132 cm³/mol. The maximum Gasteiger partial charge on any atom is 0.356 e. The smallest absolute Gasteiger partial charge is 0.356 e. The Bertz CT molecular complexity index is 1310. The molecule has 4 rings (SSSR count). The Morgan fingerprint density at radius 1 is 1.24 bits per heavy atom. The number of carboxylic acids is 1. The fraction of sp³-hybridized carbons (Fsp3) is 0.400. The van der Waals surface area contributed by atoms with E-state index in [1.807, 2.05) is 26.0 Å². The van der Waals surface area contributed by atoms with Gasteiger partial charge in [0.15, 0.2) is 17.2 Å². The Balaban J connectivity index is 1.77. The molecule has 2 N–H and O–H groups in total. The molecule has 1 aliphatic rings. The number of rotatable bonds is 5. The highest BCUT2D eigenvalue weighted by atomic mass is 35.5. The number of fused-ring (bicyclic) bond motifs is 1. The minimum atomic E-state index is -1.17. The Morgan fingerprint density at radius 2 is 1.94 bits per heavy atom. The average Bonchev–Trinajstić information content (AvgIpc) is 2.78. The van der Waals surface area contributed by atoms with Crippen LogP contribution in [0.25, 0.3) is 11.0 Å². The first-order chi connectivity index (χ1) is 16.1. The van der Waals surface area contributed by atoms with Crippen LogP contribution in [-0.4, -0.2) is 39.1 Å². The van der Waals surface area contributed by atoms with E-state index in [2.05, 4.69) is 40.1 Å². The number of hydrogen-bond donors (Lipinski definition) is 2. The molecule has 0 bridgehead atoms. The van der Waals surface area contributed by atoms with Gasteiger partial charge in [0, 0.05) is 18.7 Å². The number of aryl methyl sites for hydroxylation is 1. The van der Waals surface area contributed by atoms with E-state index in [1.54, 1.807) is 12.1 Å². The van der Waals surface area contributed by atoms with Crippen LogP contribution in [-0.2, 0) is 0 Å². The second kappa shape index (κ2) is 9.07. The molecule has 0 saturated carbocycles. The fourth-order valence-electron chi connectivity index (χ4n) is 4.30. The minimum absolute atomic E-state index is 0.112. The van der Waals surface area contributed by atoms with E-state index in [0.29, 0.717) is 28.2 Å². The van der Waals surface area contributed by atoms with Gasteiger partial charge in [0.2, 0.25) is 0 Å². The van der Waals surface area contributed by atoms with Crippen LogP contribution < -0.4 is 10.2 Å². The molecule has 2 aromatic heterocycles.